The lowest BCUT2D eigenvalue weighted by Crippen LogP contribution is -2.64. The number of carbonyl (C=O) groups excluding carboxylic acids is 1. The molecule has 0 N–H and O–H groups in total. The van der Waals surface area contributed by atoms with Crippen molar-refractivity contribution in [3.8, 4) is 0 Å². The molecular formula is C28H27ClF3N5O2S. The van der Waals surface area contributed by atoms with Crippen LogP contribution in [0.2, 0.25) is 5.02 Å². The van der Waals surface area contributed by atoms with Gasteiger partial charge in [-0.2, -0.15) is 23.3 Å². The quantitative estimate of drug-likeness (QED) is 0.374. The summed E-state index contributed by atoms with van der Waals surface area (Å²) in [5.74, 6) is -0.268. The molecule has 1 amide bonds. The molecule has 210 valence electrons. The number of likely N-dealkylation sites (tertiary alicyclic amines) is 1. The summed E-state index contributed by atoms with van der Waals surface area (Å²) in [6.45, 7) is 7.63. The Bertz CT molecular complexity index is 1520. The minimum Gasteiger partial charge on any atom is -0.373 e. The van der Waals surface area contributed by atoms with Gasteiger partial charge in [-0.1, -0.05) is 23.7 Å². The molecule has 1 aromatic heterocycles. The monoisotopic (exact) mass is 589 g/mol. The van der Waals surface area contributed by atoms with Crippen LogP contribution in [0.5, 0.6) is 0 Å². The van der Waals surface area contributed by atoms with Gasteiger partial charge in [0, 0.05) is 42.6 Å². The predicted octanol–water partition coefficient (Wildman–Crippen LogP) is 5.52. The summed E-state index contributed by atoms with van der Waals surface area (Å²) in [4.78, 5) is 22.1. The molecule has 0 radical (unpaired) electrons. The first-order valence-electron chi connectivity index (χ1n) is 13.0. The summed E-state index contributed by atoms with van der Waals surface area (Å²) in [6, 6.07) is 9.67. The molecule has 3 aromatic rings. The molecular weight excluding hydrogens is 563 g/mol. The number of fused-ring (bicyclic) bond motifs is 1. The minimum atomic E-state index is -4.52. The Kier molecular flexibility index (Phi) is 7.18. The van der Waals surface area contributed by atoms with Crippen molar-refractivity contribution in [3.63, 3.8) is 0 Å². The van der Waals surface area contributed by atoms with Crippen LogP contribution in [0.1, 0.15) is 30.5 Å². The van der Waals surface area contributed by atoms with E-state index in [9.17, 15) is 18.0 Å². The van der Waals surface area contributed by atoms with E-state index in [1.807, 2.05) is 12.1 Å². The molecule has 7 nitrogen and oxygen atoms in total. The summed E-state index contributed by atoms with van der Waals surface area (Å²) in [7, 11) is 0. The number of aromatic nitrogens is 2. The van der Waals surface area contributed by atoms with Gasteiger partial charge in [-0.15, -0.1) is 0 Å². The highest BCUT2D eigenvalue weighted by molar-refractivity contribution is 8.18. The van der Waals surface area contributed by atoms with Gasteiger partial charge in [0.2, 0.25) is 0 Å². The Morgan fingerprint density at radius 2 is 1.85 bits per heavy atom. The third kappa shape index (κ3) is 5.52. The number of carbonyl (C=O) groups is 1. The lowest BCUT2D eigenvalue weighted by molar-refractivity contribution is -0.138. The van der Waals surface area contributed by atoms with E-state index in [1.54, 1.807) is 18.3 Å². The number of thioether (sulfide) groups is 1. The topological polar surface area (TPSA) is 63.0 Å². The van der Waals surface area contributed by atoms with Gasteiger partial charge in [-0.25, -0.2) is 0 Å². The number of halogens is 4. The molecule has 2 atom stereocenters. The first-order valence-corrected chi connectivity index (χ1v) is 14.2. The molecule has 3 aliphatic rings. The van der Waals surface area contributed by atoms with E-state index in [-0.39, 0.29) is 35.2 Å². The van der Waals surface area contributed by atoms with Crippen molar-refractivity contribution < 1.29 is 22.7 Å². The van der Waals surface area contributed by atoms with E-state index < -0.39 is 11.7 Å². The number of nitrogens with zero attached hydrogens (tertiary/aromatic N) is 5. The lowest BCUT2D eigenvalue weighted by Gasteiger charge is -2.49. The van der Waals surface area contributed by atoms with Crippen LogP contribution in [-0.2, 0) is 22.3 Å². The van der Waals surface area contributed by atoms with Crippen molar-refractivity contribution in [1.82, 2.24) is 19.6 Å². The number of rotatable bonds is 4. The van der Waals surface area contributed by atoms with Gasteiger partial charge in [-0.05, 0) is 67.1 Å². The van der Waals surface area contributed by atoms with Crippen LogP contribution in [0.25, 0.3) is 17.0 Å². The molecule has 0 unspecified atom stereocenters. The van der Waals surface area contributed by atoms with Crippen LogP contribution in [0.4, 0.5) is 13.2 Å². The van der Waals surface area contributed by atoms with Crippen molar-refractivity contribution >= 4 is 51.4 Å². The Morgan fingerprint density at radius 1 is 1.10 bits per heavy atom. The van der Waals surface area contributed by atoms with E-state index in [1.165, 1.54) is 28.6 Å². The van der Waals surface area contributed by atoms with Crippen molar-refractivity contribution in [2.24, 2.45) is 4.99 Å². The Hall–Kier alpha value is -2.86. The van der Waals surface area contributed by atoms with Gasteiger partial charge in [0.1, 0.15) is 0 Å². The van der Waals surface area contributed by atoms with Gasteiger partial charge in [0.05, 0.1) is 40.9 Å². The zero-order chi connectivity index (χ0) is 28.2. The van der Waals surface area contributed by atoms with Crippen LogP contribution >= 0.6 is 23.4 Å². The fourth-order valence-electron chi connectivity index (χ4n) is 5.48. The number of alkyl halides is 3. The second-order valence-corrected chi connectivity index (χ2v) is 11.9. The van der Waals surface area contributed by atoms with Gasteiger partial charge < -0.3 is 9.64 Å². The highest BCUT2D eigenvalue weighted by Gasteiger charge is 2.39. The molecule has 40 heavy (non-hydrogen) atoms. The van der Waals surface area contributed by atoms with Crippen LogP contribution in [0.3, 0.4) is 0 Å². The largest absolute Gasteiger partial charge is 0.416 e. The smallest absolute Gasteiger partial charge is 0.373 e. The second-order valence-electron chi connectivity index (χ2n) is 10.5. The van der Waals surface area contributed by atoms with Crippen LogP contribution in [0.15, 0.2) is 52.5 Å². The number of hydrogen-bond acceptors (Lipinski definition) is 6. The second kappa shape index (κ2) is 10.5. The van der Waals surface area contributed by atoms with Crippen LogP contribution < -0.4 is 0 Å². The lowest BCUT2D eigenvalue weighted by atomic mass is 10.1. The maximum absolute atomic E-state index is 13.5. The van der Waals surface area contributed by atoms with Gasteiger partial charge in [0.15, 0.2) is 5.17 Å². The Labute approximate surface area is 238 Å². The molecule has 6 rings (SSSR count). The zero-order valence-corrected chi connectivity index (χ0v) is 23.4. The van der Waals surface area contributed by atoms with Gasteiger partial charge >= 0.3 is 6.18 Å². The highest BCUT2D eigenvalue weighted by atomic mass is 35.5. The average Bonchev–Trinajstić information content (AvgIpc) is 3.40. The van der Waals surface area contributed by atoms with Crippen molar-refractivity contribution in [2.45, 2.75) is 44.8 Å². The normalized spacial score (nSPS) is 23.8. The standard InChI is InChI=1S/C28H27ClF3N5O2S/c1-16-11-35(12-17(2)39-16)22-14-36(15-22)27-34-26(38)25(40-27)8-18-3-6-24-20(7-18)10-33-37(24)13-19-4-5-21(29)9-23(19)28(30,31)32/h3-10,16-17,22H,11-15H2,1-2H3/b25-8-/t16-,17+. The van der Waals surface area contributed by atoms with E-state index in [0.717, 1.165) is 48.4 Å². The number of ether oxygens (including phenoxy) is 1. The van der Waals surface area contributed by atoms with Crippen molar-refractivity contribution in [2.75, 3.05) is 26.2 Å². The predicted molar refractivity (Wildman–Crippen MR) is 150 cm³/mol. The third-order valence-corrected chi connectivity index (χ3v) is 8.65. The molecule has 0 bridgehead atoms. The molecule has 2 aromatic carbocycles. The fourth-order valence-corrected chi connectivity index (χ4v) is 6.58. The molecule has 2 fully saturated rings. The van der Waals surface area contributed by atoms with Crippen LogP contribution in [-0.4, -0.2) is 75.1 Å². The molecule has 0 saturated carbocycles. The molecule has 12 heteroatoms. The SMILES string of the molecule is C[C@@H]1CN(C2CN(C3=NC(=O)/C(=C/c4ccc5c(cnn5Cc5ccc(Cl)cc5C(F)(F)F)c4)S3)C2)C[C@H](C)O1. The number of amidine groups is 1. The first kappa shape index (κ1) is 27.3. The molecule has 3 aliphatic heterocycles. The maximum atomic E-state index is 13.5. The summed E-state index contributed by atoms with van der Waals surface area (Å²) < 4.78 is 48.0. The highest BCUT2D eigenvalue weighted by Crippen LogP contribution is 2.36. The fraction of sp³-hybridized carbons (Fsp3) is 0.393. The molecule has 0 aliphatic carbocycles. The van der Waals surface area contributed by atoms with E-state index in [4.69, 9.17) is 16.3 Å². The number of amides is 1. The maximum Gasteiger partial charge on any atom is 0.416 e. The summed E-state index contributed by atoms with van der Waals surface area (Å²) in [5.41, 5.74) is 0.780. The summed E-state index contributed by atoms with van der Waals surface area (Å²) in [6.07, 6.45) is -0.688. The summed E-state index contributed by atoms with van der Waals surface area (Å²) >= 11 is 7.18. The zero-order valence-electron chi connectivity index (χ0n) is 21.9. The molecule has 2 saturated heterocycles. The van der Waals surface area contributed by atoms with Crippen molar-refractivity contribution in [1.29, 1.82) is 0 Å². The molecule has 4 heterocycles. The number of hydrogen-bond donors (Lipinski definition) is 0. The third-order valence-electron chi connectivity index (χ3n) is 7.37. The number of benzene rings is 2. The first-order chi connectivity index (χ1) is 19.0. The average molecular weight is 590 g/mol. The van der Waals surface area contributed by atoms with Gasteiger partial charge in [0.25, 0.3) is 5.91 Å². The number of morpholine rings is 1. The summed E-state index contributed by atoms with van der Waals surface area (Å²) in [5, 5.41) is 5.82. The molecule has 0 spiro atoms. The van der Waals surface area contributed by atoms with Crippen LogP contribution in [0, 0.1) is 0 Å². The Balaban J connectivity index is 1.13. The van der Waals surface area contributed by atoms with E-state index >= 15 is 0 Å². The van der Waals surface area contributed by atoms with Crippen molar-refractivity contribution in [3.05, 3.63) is 69.2 Å². The number of aliphatic imine (C=N–C) groups is 1. The van der Waals surface area contributed by atoms with E-state index in [2.05, 4.69) is 33.7 Å². The minimum absolute atomic E-state index is 0.0286. The van der Waals surface area contributed by atoms with E-state index in [0.29, 0.717) is 16.5 Å². The van der Waals surface area contributed by atoms with Gasteiger partial charge in [-0.3, -0.25) is 14.4 Å². The Morgan fingerprint density at radius 3 is 2.58 bits per heavy atom.